The second-order valence-corrected chi connectivity index (χ2v) is 21.0. The summed E-state index contributed by atoms with van der Waals surface area (Å²) in [6.07, 6.45) is 3.89. The molecule has 0 bridgehead atoms. The van der Waals surface area contributed by atoms with Gasteiger partial charge in [0.25, 0.3) is 0 Å². The van der Waals surface area contributed by atoms with Crippen LogP contribution in [0.5, 0.6) is 0 Å². The highest BCUT2D eigenvalue weighted by Gasteiger charge is 2.86. The Morgan fingerprint density at radius 3 is 1.19 bits per heavy atom. The standard InChI is InChI=1S/C38H21F12NO2S4/c1-29-17(9-16(13-51)54-29)24-25(34(41,42)37(47,48)33(24,39)40)18-10-21(55-30(18,29)2)14-5-7-15(8-6-14)22-11-19-26-27(36(45,46)38(49,50)35(26,43)44)20-12-23(28(52)53)57-32(20,4)31(19,3)56-22/h5-12H,1-4H3,(H,52,53)/t29-,30-,31+,32+/m0/s1. The van der Waals surface area contributed by atoms with Gasteiger partial charge in [0.1, 0.15) is 6.07 Å². The van der Waals surface area contributed by atoms with E-state index in [1.807, 2.05) is 0 Å². The number of fused-ring (bicyclic) bond motifs is 8. The fourth-order valence-electron chi connectivity index (χ4n) is 9.06. The minimum absolute atomic E-state index is 0.140. The minimum Gasteiger partial charge on any atom is -0.477 e. The number of hydrogen-bond donors (Lipinski definition) is 1. The molecule has 19 heteroatoms. The number of carboxylic acid groups (broad SMARTS) is 1. The summed E-state index contributed by atoms with van der Waals surface area (Å²) < 4.78 is 178. The Bertz CT molecular complexity index is 2540. The highest BCUT2D eigenvalue weighted by atomic mass is 32.2. The third kappa shape index (κ3) is 4.05. The molecule has 0 radical (unpaired) electrons. The Labute approximate surface area is 331 Å². The third-order valence-electron chi connectivity index (χ3n) is 12.4. The fraction of sp³-hybridized carbons (Fsp3) is 0.368. The van der Waals surface area contributed by atoms with Crippen molar-refractivity contribution in [1.82, 2.24) is 0 Å². The van der Waals surface area contributed by atoms with Crippen LogP contribution in [0.15, 0.2) is 103 Å². The van der Waals surface area contributed by atoms with Crippen molar-refractivity contribution in [2.75, 3.05) is 0 Å². The molecule has 57 heavy (non-hydrogen) atoms. The molecule has 9 rings (SSSR count). The van der Waals surface area contributed by atoms with Gasteiger partial charge in [0.05, 0.1) is 28.8 Å². The second kappa shape index (κ2) is 10.7. The first kappa shape index (κ1) is 39.1. The fourth-order valence-corrected chi connectivity index (χ4v) is 15.0. The molecule has 3 nitrogen and oxygen atoms in total. The van der Waals surface area contributed by atoms with Gasteiger partial charge in [-0.3, -0.25) is 0 Å². The average Bonchev–Trinajstić information content (AvgIpc) is 3.90. The quantitative estimate of drug-likeness (QED) is 0.304. The van der Waals surface area contributed by atoms with Crippen molar-refractivity contribution in [3.63, 3.8) is 0 Å². The number of nitrogens with zero attached hydrogens (tertiary/aromatic N) is 1. The monoisotopic (exact) mass is 879 g/mol. The molecule has 0 amide bonds. The van der Waals surface area contributed by atoms with Crippen LogP contribution >= 0.6 is 47.0 Å². The molecular formula is C38H21F12NO2S4. The maximum absolute atomic E-state index is 15.6. The van der Waals surface area contributed by atoms with Gasteiger partial charge < -0.3 is 5.11 Å². The molecular weight excluding hydrogens is 859 g/mol. The molecule has 1 N–H and O–H groups in total. The zero-order valence-electron chi connectivity index (χ0n) is 29.1. The summed E-state index contributed by atoms with van der Waals surface area (Å²) in [5, 5.41) is 19.4. The first-order valence-corrected chi connectivity index (χ1v) is 19.9. The molecule has 2 fully saturated rings. The number of carboxylic acids is 1. The van der Waals surface area contributed by atoms with E-state index in [0.717, 1.165) is 59.6 Å². The zero-order valence-corrected chi connectivity index (χ0v) is 32.4. The van der Waals surface area contributed by atoms with Crippen molar-refractivity contribution in [3.05, 3.63) is 114 Å². The van der Waals surface area contributed by atoms with E-state index >= 15 is 43.9 Å². The van der Waals surface area contributed by atoms with E-state index in [1.165, 1.54) is 52.0 Å². The van der Waals surface area contributed by atoms with E-state index in [9.17, 15) is 23.9 Å². The highest BCUT2D eigenvalue weighted by Crippen LogP contribution is 2.77. The number of alkyl halides is 12. The lowest BCUT2D eigenvalue weighted by atomic mass is 9.71. The number of benzene rings is 1. The van der Waals surface area contributed by atoms with Gasteiger partial charge in [-0.15, -0.1) is 47.0 Å². The van der Waals surface area contributed by atoms with E-state index < -0.39 is 110 Å². The number of nitriles is 1. The van der Waals surface area contributed by atoms with E-state index in [1.54, 1.807) is 6.07 Å². The topological polar surface area (TPSA) is 61.1 Å². The third-order valence-corrected chi connectivity index (χ3v) is 18.9. The van der Waals surface area contributed by atoms with Crippen LogP contribution in [0.4, 0.5) is 52.7 Å². The summed E-state index contributed by atoms with van der Waals surface area (Å²) in [6, 6.07) is 7.55. The average molecular weight is 880 g/mol. The molecule has 4 aliphatic carbocycles. The van der Waals surface area contributed by atoms with Gasteiger partial charge in [0.2, 0.25) is 0 Å². The number of halogens is 12. The molecule has 2 saturated carbocycles. The van der Waals surface area contributed by atoms with Crippen LogP contribution in [0.1, 0.15) is 38.8 Å². The lowest BCUT2D eigenvalue weighted by Gasteiger charge is -2.47. The summed E-state index contributed by atoms with van der Waals surface area (Å²) >= 11 is 3.16. The normalized spacial score (nSPS) is 36.5. The van der Waals surface area contributed by atoms with E-state index in [-0.39, 0.29) is 25.8 Å². The highest BCUT2D eigenvalue weighted by molar-refractivity contribution is 8.13. The summed E-state index contributed by atoms with van der Waals surface area (Å²) in [5.74, 6) is -34.5. The number of carbonyl (C=O) groups is 1. The van der Waals surface area contributed by atoms with Crippen molar-refractivity contribution in [1.29, 1.82) is 5.26 Å². The lowest BCUT2D eigenvalue weighted by molar-refractivity contribution is -0.258. The summed E-state index contributed by atoms with van der Waals surface area (Å²) in [4.78, 5) is 11.7. The Morgan fingerprint density at radius 1 is 0.526 bits per heavy atom. The largest absolute Gasteiger partial charge is 0.477 e. The number of aliphatic carboxylic acids is 1. The van der Waals surface area contributed by atoms with Crippen molar-refractivity contribution < 1.29 is 62.6 Å². The predicted molar refractivity (Wildman–Crippen MR) is 194 cm³/mol. The van der Waals surface area contributed by atoms with Gasteiger partial charge in [-0.2, -0.15) is 57.9 Å². The summed E-state index contributed by atoms with van der Waals surface area (Å²) in [6.45, 7) is 5.55. The Hall–Kier alpha value is -3.34. The van der Waals surface area contributed by atoms with E-state index in [2.05, 4.69) is 0 Å². The van der Waals surface area contributed by atoms with Gasteiger partial charge in [0, 0.05) is 32.1 Å². The zero-order chi connectivity index (χ0) is 41.9. The van der Waals surface area contributed by atoms with Gasteiger partial charge in [-0.05, 0) is 85.4 Å². The SMILES string of the molecule is C[C@]12SC(C#N)=CC1=C1C(=C3C=C(c4ccc(C5=CC6=C7C(=C8C=C(C(=O)O)S[C@@]8(C)[C@]6(C)S5)C(F)(F)C(F)(F)C7(F)F)cc4)S[C@@]32C)C(F)(F)C(F)(F)C1(F)F. The molecule has 0 aromatic heterocycles. The molecule has 0 unspecified atom stereocenters. The molecule has 4 atom stereocenters. The van der Waals surface area contributed by atoms with Crippen molar-refractivity contribution in [2.45, 2.75) is 82.2 Å². The molecule has 4 aliphatic heterocycles. The number of hydrogen-bond acceptors (Lipinski definition) is 6. The van der Waals surface area contributed by atoms with Crippen LogP contribution in [0.2, 0.25) is 0 Å². The maximum Gasteiger partial charge on any atom is 0.380 e. The molecule has 0 spiro atoms. The Balaban J connectivity index is 1.15. The molecule has 1 aromatic rings. The molecule has 8 aliphatic rings. The van der Waals surface area contributed by atoms with Crippen molar-refractivity contribution >= 4 is 62.8 Å². The number of thioether (sulfide) groups is 4. The second-order valence-electron chi connectivity index (χ2n) is 15.2. The molecule has 1 aromatic carbocycles. The van der Waals surface area contributed by atoms with Gasteiger partial charge in [0.15, 0.2) is 0 Å². The van der Waals surface area contributed by atoms with Gasteiger partial charge >= 0.3 is 41.5 Å². The smallest absolute Gasteiger partial charge is 0.380 e. The Morgan fingerprint density at radius 2 is 0.842 bits per heavy atom. The molecule has 0 saturated heterocycles. The van der Waals surface area contributed by atoms with Crippen molar-refractivity contribution in [3.8, 4) is 6.07 Å². The van der Waals surface area contributed by atoms with Crippen LogP contribution in [0.25, 0.3) is 9.81 Å². The van der Waals surface area contributed by atoms with Crippen LogP contribution in [-0.2, 0) is 4.79 Å². The molecule has 298 valence electrons. The number of rotatable bonds is 3. The van der Waals surface area contributed by atoms with Crippen molar-refractivity contribution in [2.24, 2.45) is 0 Å². The van der Waals surface area contributed by atoms with Crippen LogP contribution in [0, 0.1) is 11.3 Å². The van der Waals surface area contributed by atoms with E-state index in [0.29, 0.717) is 11.8 Å². The summed E-state index contributed by atoms with van der Waals surface area (Å²) in [7, 11) is 0. The predicted octanol–water partition coefficient (Wildman–Crippen LogP) is 11.8. The Kier molecular flexibility index (Phi) is 7.34. The van der Waals surface area contributed by atoms with Crippen LogP contribution < -0.4 is 0 Å². The van der Waals surface area contributed by atoms with Crippen LogP contribution in [-0.4, -0.2) is 65.6 Å². The van der Waals surface area contributed by atoms with Crippen LogP contribution in [0.3, 0.4) is 0 Å². The first-order chi connectivity index (χ1) is 26.0. The first-order valence-electron chi connectivity index (χ1n) is 16.7. The maximum atomic E-state index is 15.6. The molecule has 4 heterocycles. The van der Waals surface area contributed by atoms with Gasteiger partial charge in [-0.25, -0.2) is 4.79 Å². The number of allylic oxidation sites excluding steroid dienone is 9. The van der Waals surface area contributed by atoms with Gasteiger partial charge in [-0.1, -0.05) is 24.3 Å². The lowest BCUT2D eigenvalue weighted by Crippen LogP contribution is -2.49. The summed E-state index contributed by atoms with van der Waals surface area (Å²) in [5.41, 5.74) is -7.91. The van der Waals surface area contributed by atoms with E-state index in [4.69, 9.17) is 0 Å². The minimum atomic E-state index is -5.85.